The average Bonchev–Trinajstić information content (AvgIpc) is 2.39. The second-order valence-electron chi connectivity index (χ2n) is 3.90. The maximum absolute atomic E-state index is 4.39. The molecule has 0 fully saturated rings. The van der Waals surface area contributed by atoms with Gasteiger partial charge in [-0.05, 0) is 12.1 Å². The van der Waals surface area contributed by atoms with Gasteiger partial charge in [0.25, 0.3) is 0 Å². The summed E-state index contributed by atoms with van der Waals surface area (Å²) in [5.74, 6) is 0. The van der Waals surface area contributed by atoms with E-state index in [-0.39, 0.29) is 12.4 Å². The maximum atomic E-state index is 4.39. The van der Waals surface area contributed by atoms with E-state index in [4.69, 9.17) is 0 Å². The molecule has 0 aliphatic rings. The van der Waals surface area contributed by atoms with Crippen LogP contribution in [0.5, 0.6) is 0 Å². The molecule has 0 bridgehead atoms. The normalized spacial score (nSPS) is 10.1. The third kappa shape index (κ3) is 3.86. The molecule has 2 rings (SSSR count). The molecule has 1 aromatic carbocycles. The van der Waals surface area contributed by atoms with Crippen molar-refractivity contribution in [1.82, 2.24) is 0 Å². The Balaban J connectivity index is 0.00000162. The molecule has 0 amide bonds. The Morgan fingerprint density at radius 1 is 1.06 bits per heavy atom. The highest BCUT2D eigenvalue weighted by Crippen LogP contribution is 2.10. The number of halogens is 1. The summed E-state index contributed by atoms with van der Waals surface area (Å²) < 4.78 is 2.00. The number of hydrogen-bond acceptors (Lipinski definition) is 2. The fourth-order valence-corrected chi connectivity index (χ4v) is 1.46. The fourth-order valence-electron chi connectivity index (χ4n) is 1.46. The Morgan fingerprint density at radius 3 is 2.28 bits per heavy atom. The molecule has 0 atom stereocenters. The van der Waals surface area contributed by atoms with E-state index < -0.39 is 0 Å². The van der Waals surface area contributed by atoms with Gasteiger partial charge in [0.05, 0.1) is 11.9 Å². The van der Waals surface area contributed by atoms with Gasteiger partial charge in [-0.15, -0.1) is 0 Å². The molecule has 94 valence electrons. The van der Waals surface area contributed by atoms with Gasteiger partial charge < -0.3 is 12.4 Å². The van der Waals surface area contributed by atoms with Gasteiger partial charge in [0.1, 0.15) is 7.05 Å². The number of rotatable bonds is 3. The lowest BCUT2D eigenvalue weighted by molar-refractivity contribution is -0.671. The van der Waals surface area contributed by atoms with E-state index in [1.807, 2.05) is 84.7 Å². The number of aromatic nitrogens is 1. The van der Waals surface area contributed by atoms with Crippen molar-refractivity contribution in [3.05, 3.63) is 60.4 Å². The number of para-hydroxylation sites is 1. The summed E-state index contributed by atoms with van der Waals surface area (Å²) in [5, 5.41) is 6.25. The minimum Gasteiger partial charge on any atom is -1.00 e. The van der Waals surface area contributed by atoms with Crippen molar-refractivity contribution >= 4 is 11.9 Å². The summed E-state index contributed by atoms with van der Waals surface area (Å²) in [5.41, 5.74) is 2.16. The van der Waals surface area contributed by atoms with Crippen molar-refractivity contribution in [2.75, 3.05) is 12.1 Å². The van der Waals surface area contributed by atoms with E-state index in [0.717, 1.165) is 11.3 Å². The van der Waals surface area contributed by atoms with Gasteiger partial charge in [-0.3, -0.25) is 5.01 Å². The summed E-state index contributed by atoms with van der Waals surface area (Å²) in [6, 6.07) is 14.1. The summed E-state index contributed by atoms with van der Waals surface area (Å²) >= 11 is 0. The van der Waals surface area contributed by atoms with Crippen LogP contribution in [0.25, 0.3) is 0 Å². The van der Waals surface area contributed by atoms with Crippen LogP contribution in [0, 0.1) is 0 Å². The highest BCUT2D eigenvalue weighted by atomic mass is 35.5. The van der Waals surface area contributed by atoms with Crippen LogP contribution < -0.4 is 22.0 Å². The van der Waals surface area contributed by atoms with Crippen LogP contribution in [-0.4, -0.2) is 13.3 Å². The summed E-state index contributed by atoms with van der Waals surface area (Å²) in [4.78, 5) is 0. The van der Waals surface area contributed by atoms with Crippen LogP contribution >= 0.6 is 0 Å². The highest BCUT2D eigenvalue weighted by Gasteiger charge is 1.96. The second kappa shape index (κ2) is 6.77. The van der Waals surface area contributed by atoms with E-state index in [9.17, 15) is 0 Å². The van der Waals surface area contributed by atoms with Crippen LogP contribution in [0.2, 0.25) is 0 Å². The maximum Gasteiger partial charge on any atom is 0.169 e. The number of pyridine rings is 1. The van der Waals surface area contributed by atoms with Crippen molar-refractivity contribution in [2.45, 2.75) is 0 Å². The Bertz CT molecular complexity index is 494. The molecule has 3 nitrogen and oxygen atoms in total. The molecule has 0 spiro atoms. The lowest BCUT2D eigenvalue weighted by atomic mass is 10.3. The van der Waals surface area contributed by atoms with Gasteiger partial charge in [-0.2, -0.15) is 5.10 Å². The highest BCUT2D eigenvalue weighted by molar-refractivity contribution is 5.79. The van der Waals surface area contributed by atoms with Crippen LogP contribution in [0.4, 0.5) is 5.69 Å². The van der Waals surface area contributed by atoms with E-state index in [2.05, 4.69) is 5.10 Å². The van der Waals surface area contributed by atoms with Crippen molar-refractivity contribution in [1.29, 1.82) is 0 Å². The average molecular weight is 262 g/mol. The molecule has 18 heavy (non-hydrogen) atoms. The van der Waals surface area contributed by atoms with Crippen LogP contribution in [-0.2, 0) is 7.05 Å². The van der Waals surface area contributed by atoms with Gasteiger partial charge in [-0.25, -0.2) is 4.57 Å². The van der Waals surface area contributed by atoms with Crippen LogP contribution in [0.1, 0.15) is 5.56 Å². The first-order valence-electron chi connectivity index (χ1n) is 5.54. The first-order valence-corrected chi connectivity index (χ1v) is 5.54. The summed E-state index contributed by atoms with van der Waals surface area (Å²) in [6.45, 7) is 0. The largest absolute Gasteiger partial charge is 1.00 e. The van der Waals surface area contributed by atoms with Crippen LogP contribution in [0.3, 0.4) is 0 Å². The van der Waals surface area contributed by atoms with E-state index in [1.54, 1.807) is 0 Å². The second-order valence-corrected chi connectivity index (χ2v) is 3.90. The molecule has 0 radical (unpaired) electrons. The Hall–Kier alpha value is -1.87. The van der Waals surface area contributed by atoms with Crippen LogP contribution in [0.15, 0.2) is 60.0 Å². The molecule has 1 heterocycles. The Labute approximate surface area is 114 Å². The first-order chi connectivity index (χ1) is 8.25. The molecule has 2 aromatic rings. The molecular weight excluding hydrogens is 246 g/mol. The zero-order valence-electron chi connectivity index (χ0n) is 10.5. The van der Waals surface area contributed by atoms with Gasteiger partial charge in [0, 0.05) is 24.7 Å². The topological polar surface area (TPSA) is 19.5 Å². The standard InChI is InChI=1S/C14H16N3.ClH/c1-16-10-8-13(9-11-16)12-15-17(2)14-6-4-3-5-7-14;/h3-12H,1-2H3;1H/q+1;/p-1. The van der Waals surface area contributed by atoms with Gasteiger partial charge in [0.15, 0.2) is 12.4 Å². The van der Waals surface area contributed by atoms with E-state index in [0.29, 0.717) is 0 Å². The predicted molar refractivity (Wildman–Crippen MR) is 70.1 cm³/mol. The van der Waals surface area contributed by atoms with Gasteiger partial charge >= 0.3 is 0 Å². The number of nitrogens with zero attached hydrogens (tertiary/aromatic N) is 3. The van der Waals surface area contributed by atoms with Crippen molar-refractivity contribution < 1.29 is 17.0 Å². The number of hydrazone groups is 1. The SMILES string of the molecule is CN(N=Cc1cc[n+](C)cc1)c1ccccc1.[Cl-]. The molecule has 0 unspecified atom stereocenters. The quantitative estimate of drug-likeness (QED) is 0.394. The molecule has 0 saturated heterocycles. The van der Waals surface area contributed by atoms with E-state index in [1.165, 1.54) is 0 Å². The monoisotopic (exact) mass is 261 g/mol. The molecule has 0 aliphatic heterocycles. The van der Waals surface area contributed by atoms with Gasteiger partial charge in [-0.1, -0.05) is 18.2 Å². The Kier molecular flexibility index (Phi) is 5.33. The molecule has 1 aromatic heterocycles. The molecule has 0 N–H and O–H groups in total. The summed E-state index contributed by atoms with van der Waals surface area (Å²) in [6.07, 6.45) is 5.86. The number of anilines is 1. The summed E-state index contributed by atoms with van der Waals surface area (Å²) in [7, 11) is 3.94. The van der Waals surface area contributed by atoms with Crippen molar-refractivity contribution in [3.8, 4) is 0 Å². The zero-order valence-corrected chi connectivity index (χ0v) is 11.2. The molecular formula is C14H16ClN3. The molecule has 4 heteroatoms. The minimum absolute atomic E-state index is 0. The fraction of sp³-hybridized carbons (Fsp3) is 0.143. The molecule has 0 aliphatic carbocycles. The number of benzene rings is 1. The first kappa shape index (κ1) is 14.2. The predicted octanol–water partition coefficient (Wildman–Crippen LogP) is -1.01. The Morgan fingerprint density at radius 2 is 1.67 bits per heavy atom. The third-order valence-corrected chi connectivity index (χ3v) is 2.51. The zero-order chi connectivity index (χ0) is 12.1. The molecule has 0 saturated carbocycles. The third-order valence-electron chi connectivity index (χ3n) is 2.51. The number of aryl methyl sites for hydroxylation is 1. The van der Waals surface area contributed by atoms with Crippen molar-refractivity contribution in [3.63, 3.8) is 0 Å². The lowest BCUT2D eigenvalue weighted by Crippen LogP contribution is -3.00. The smallest absolute Gasteiger partial charge is 0.169 e. The van der Waals surface area contributed by atoms with Crippen molar-refractivity contribution in [2.24, 2.45) is 12.1 Å². The van der Waals surface area contributed by atoms with E-state index >= 15 is 0 Å². The number of hydrogen-bond donors (Lipinski definition) is 0. The van der Waals surface area contributed by atoms with Gasteiger partial charge in [0.2, 0.25) is 0 Å². The lowest BCUT2D eigenvalue weighted by Gasteiger charge is -2.11. The minimum atomic E-state index is 0.